The third-order valence-electron chi connectivity index (χ3n) is 4.04. The molecule has 0 saturated heterocycles. The van der Waals surface area contributed by atoms with Gasteiger partial charge in [-0.15, -0.1) is 0 Å². The van der Waals surface area contributed by atoms with Gasteiger partial charge in [0, 0.05) is 31.3 Å². The monoisotopic (exact) mass is 357 g/mol. The number of hydrogen-bond donors (Lipinski definition) is 2. The van der Waals surface area contributed by atoms with Gasteiger partial charge in [0.1, 0.15) is 5.75 Å². The lowest BCUT2D eigenvalue weighted by atomic mass is 10.1. The molecule has 6 heteroatoms. The average molecular weight is 357 g/mol. The number of guanidine groups is 1. The van der Waals surface area contributed by atoms with E-state index in [-0.39, 0.29) is 0 Å². The van der Waals surface area contributed by atoms with Crippen LogP contribution in [0.1, 0.15) is 16.7 Å². The van der Waals surface area contributed by atoms with Crippen LogP contribution >= 0.6 is 0 Å². The zero-order chi connectivity index (χ0) is 18.9. The predicted octanol–water partition coefficient (Wildman–Crippen LogP) is 2.89. The normalized spacial score (nSPS) is 11.0. The summed E-state index contributed by atoms with van der Waals surface area (Å²) in [7, 11) is 6.69. The van der Waals surface area contributed by atoms with Crippen LogP contribution in [0.5, 0.6) is 17.2 Å². The minimum atomic E-state index is 0.561. The SMILES string of the molecule is CN=C(NCc1ccc(C)cc1OC)NCc1cccc(OC)c1OC. The average Bonchev–Trinajstić information content (AvgIpc) is 2.68. The maximum Gasteiger partial charge on any atom is 0.191 e. The molecule has 2 aromatic carbocycles. The molecule has 0 aliphatic heterocycles. The van der Waals surface area contributed by atoms with Crippen LogP contribution in [0.15, 0.2) is 41.4 Å². The van der Waals surface area contributed by atoms with Crippen LogP contribution in [0.25, 0.3) is 0 Å². The van der Waals surface area contributed by atoms with Gasteiger partial charge in [-0.1, -0.05) is 24.3 Å². The van der Waals surface area contributed by atoms with E-state index < -0.39 is 0 Å². The molecule has 0 aliphatic carbocycles. The van der Waals surface area contributed by atoms with Crippen LogP contribution in [0, 0.1) is 6.92 Å². The zero-order valence-electron chi connectivity index (χ0n) is 16.1. The lowest BCUT2D eigenvalue weighted by molar-refractivity contribution is 0.351. The van der Waals surface area contributed by atoms with E-state index in [0.717, 1.165) is 22.6 Å². The molecule has 0 unspecified atom stereocenters. The lowest BCUT2D eigenvalue weighted by Gasteiger charge is -2.16. The van der Waals surface area contributed by atoms with Gasteiger partial charge in [-0.2, -0.15) is 0 Å². The van der Waals surface area contributed by atoms with Crippen LogP contribution in [-0.2, 0) is 13.1 Å². The maximum absolute atomic E-state index is 5.46. The largest absolute Gasteiger partial charge is 0.496 e. The topological polar surface area (TPSA) is 64.1 Å². The Morgan fingerprint density at radius 1 is 0.885 bits per heavy atom. The number of ether oxygens (including phenoxy) is 3. The van der Waals surface area contributed by atoms with Gasteiger partial charge in [0.15, 0.2) is 17.5 Å². The van der Waals surface area contributed by atoms with Gasteiger partial charge in [0.2, 0.25) is 0 Å². The van der Waals surface area contributed by atoms with Crippen molar-refractivity contribution in [2.24, 2.45) is 4.99 Å². The zero-order valence-corrected chi connectivity index (χ0v) is 16.1. The van der Waals surface area contributed by atoms with Crippen molar-refractivity contribution < 1.29 is 14.2 Å². The van der Waals surface area contributed by atoms with E-state index in [9.17, 15) is 0 Å². The summed E-state index contributed by atoms with van der Waals surface area (Å²) in [5.74, 6) is 2.98. The summed E-state index contributed by atoms with van der Waals surface area (Å²) in [5, 5.41) is 6.60. The van der Waals surface area contributed by atoms with E-state index in [0.29, 0.717) is 24.8 Å². The number of para-hydroxylation sites is 1. The van der Waals surface area contributed by atoms with E-state index in [1.807, 2.05) is 31.2 Å². The minimum absolute atomic E-state index is 0.561. The first kappa shape index (κ1) is 19.4. The van der Waals surface area contributed by atoms with Gasteiger partial charge in [0.05, 0.1) is 21.3 Å². The van der Waals surface area contributed by atoms with Crippen molar-refractivity contribution in [1.29, 1.82) is 0 Å². The minimum Gasteiger partial charge on any atom is -0.496 e. The number of nitrogens with zero attached hydrogens (tertiary/aromatic N) is 1. The van der Waals surface area contributed by atoms with Gasteiger partial charge in [-0.3, -0.25) is 4.99 Å². The number of methoxy groups -OCH3 is 3. The smallest absolute Gasteiger partial charge is 0.191 e. The summed E-state index contributed by atoms with van der Waals surface area (Å²) >= 11 is 0. The van der Waals surface area contributed by atoms with Gasteiger partial charge in [-0.05, 0) is 24.6 Å². The number of aliphatic imine (C=N–C) groups is 1. The number of hydrogen-bond acceptors (Lipinski definition) is 4. The van der Waals surface area contributed by atoms with E-state index in [1.54, 1.807) is 28.4 Å². The summed E-state index contributed by atoms with van der Waals surface area (Å²) < 4.78 is 16.2. The molecule has 2 N–H and O–H groups in total. The number of rotatable bonds is 7. The molecule has 0 atom stereocenters. The number of nitrogens with one attached hydrogen (secondary N) is 2. The molecule has 0 radical (unpaired) electrons. The van der Waals surface area contributed by atoms with Crippen LogP contribution in [0.2, 0.25) is 0 Å². The molecule has 0 amide bonds. The molecule has 2 rings (SSSR count). The molecule has 0 heterocycles. The van der Waals surface area contributed by atoms with E-state index in [4.69, 9.17) is 14.2 Å². The van der Waals surface area contributed by atoms with Crippen LogP contribution in [-0.4, -0.2) is 34.3 Å². The van der Waals surface area contributed by atoms with Gasteiger partial charge in [0.25, 0.3) is 0 Å². The van der Waals surface area contributed by atoms with Crippen molar-refractivity contribution in [3.05, 3.63) is 53.1 Å². The van der Waals surface area contributed by atoms with Crippen molar-refractivity contribution in [1.82, 2.24) is 10.6 Å². The molecule has 0 fully saturated rings. The first-order valence-corrected chi connectivity index (χ1v) is 8.40. The molecule has 0 spiro atoms. The molecular formula is C20H27N3O3. The lowest BCUT2D eigenvalue weighted by Crippen LogP contribution is -2.36. The van der Waals surface area contributed by atoms with Crippen molar-refractivity contribution in [3.63, 3.8) is 0 Å². The van der Waals surface area contributed by atoms with Crippen molar-refractivity contribution in [3.8, 4) is 17.2 Å². The Labute approximate surface area is 155 Å². The molecule has 0 aliphatic rings. The van der Waals surface area contributed by atoms with E-state index >= 15 is 0 Å². The van der Waals surface area contributed by atoms with Crippen LogP contribution < -0.4 is 24.8 Å². The Morgan fingerprint density at radius 2 is 1.58 bits per heavy atom. The molecule has 0 saturated carbocycles. The Bertz CT molecular complexity index is 760. The summed E-state index contributed by atoms with van der Waals surface area (Å²) in [6.45, 7) is 3.21. The molecule has 0 aromatic heterocycles. The maximum atomic E-state index is 5.46. The second-order valence-electron chi connectivity index (χ2n) is 5.75. The highest BCUT2D eigenvalue weighted by Gasteiger charge is 2.10. The molecule has 0 bridgehead atoms. The summed E-state index contributed by atoms with van der Waals surface area (Å²) in [4.78, 5) is 4.27. The van der Waals surface area contributed by atoms with Crippen molar-refractivity contribution in [2.45, 2.75) is 20.0 Å². The standard InChI is InChI=1S/C20H27N3O3/c1-14-9-10-15(18(11-14)25-4)12-22-20(21-2)23-13-16-7-6-8-17(24-3)19(16)26-5/h6-11H,12-13H2,1-5H3,(H2,21,22,23). The van der Waals surface area contributed by atoms with Gasteiger partial charge < -0.3 is 24.8 Å². The molecule has 6 nitrogen and oxygen atoms in total. The second-order valence-corrected chi connectivity index (χ2v) is 5.75. The highest BCUT2D eigenvalue weighted by Crippen LogP contribution is 2.30. The number of benzene rings is 2. The van der Waals surface area contributed by atoms with E-state index in [1.165, 1.54) is 5.56 Å². The molecule has 140 valence electrons. The predicted molar refractivity (Wildman–Crippen MR) is 104 cm³/mol. The van der Waals surface area contributed by atoms with E-state index in [2.05, 4.69) is 27.8 Å². The third-order valence-corrected chi connectivity index (χ3v) is 4.04. The third kappa shape index (κ3) is 4.81. The molecule has 26 heavy (non-hydrogen) atoms. The van der Waals surface area contributed by atoms with Crippen LogP contribution in [0.4, 0.5) is 0 Å². The Balaban J connectivity index is 2.01. The summed E-state index contributed by atoms with van der Waals surface area (Å²) in [6.07, 6.45) is 0. The summed E-state index contributed by atoms with van der Waals surface area (Å²) in [5.41, 5.74) is 3.22. The van der Waals surface area contributed by atoms with Gasteiger partial charge in [-0.25, -0.2) is 0 Å². The molecular weight excluding hydrogens is 330 g/mol. The fraction of sp³-hybridized carbons (Fsp3) is 0.350. The highest BCUT2D eigenvalue weighted by molar-refractivity contribution is 5.79. The Kier molecular flexibility index (Phi) is 7.14. The Morgan fingerprint density at radius 3 is 2.19 bits per heavy atom. The highest BCUT2D eigenvalue weighted by atomic mass is 16.5. The second kappa shape index (κ2) is 9.56. The first-order valence-electron chi connectivity index (χ1n) is 8.40. The van der Waals surface area contributed by atoms with Gasteiger partial charge >= 0.3 is 0 Å². The summed E-state index contributed by atoms with van der Waals surface area (Å²) in [6, 6.07) is 11.9. The van der Waals surface area contributed by atoms with Crippen molar-refractivity contribution >= 4 is 5.96 Å². The quantitative estimate of drug-likeness (QED) is 0.589. The van der Waals surface area contributed by atoms with Crippen LogP contribution in [0.3, 0.4) is 0 Å². The fourth-order valence-corrected chi connectivity index (χ4v) is 2.67. The Hall–Kier alpha value is -2.89. The fourth-order valence-electron chi connectivity index (χ4n) is 2.67. The molecule has 2 aromatic rings. The number of aryl methyl sites for hydroxylation is 1. The van der Waals surface area contributed by atoms with Crippen molar-refractivity contribution in [2.75, 3.05) is 28.4 Å². The first-order chi connectivity index (χ1) is 12.6.